The summed E-state index contributed by atoms with van der Waals surface area (Å²) < 4.78 is 10.4. The Labute approximate surface area is 312 Å². The number of ether oxygens (including phenoxy) is 2. The zero-order chi connectivity index (χ0) is 36.8. The zero-order valence-electron chi connectivity index (χ0n) is 34.3. The fourth-order valence-electron chi connectivity index (χ4n) is 6.78. The Kier molecular flexibility index (Phi) is 38.3. The molecule has 50 heavy (non-hydrogen) atoms. The predicted octanol–water partition coefficient (Wildman–Crippen LogP) is 14.0. The molecule has 0 amide bonds. The van der Waals surface area contributed by atoms with Crippen LogP contribution in [0, 0.1) is 11.8 Å². The van der Waals surface area contributed by atoms with Crippen molar-refractivity contribution in [1.82, 2.24) is 0 Å². The number of hydrogen-bond donors (Lipinski definition) is 1. The average molecular weight is 709 g/mol. The molecule has 0 aromatic rings. The van der Waals surface area contributed by atoms with Gasteiger partial charge in [-0.25, -0.2) is 0 Å². The average Bonchev–Trinajstić information content (AvgIpc) is 3.10. The van der Waals surface area contributed by atoms with Crippen LogP contribution in [0.25, 0.3) is 0 Å². The first kappa shape index (κ1) is 48.9. The minimum absolute atomic E-state index is 0.108. The van der Waals surface area contributed by atoms with Crippen molar-refractivity contribution in [2.24, 2.45) is 11.8 Å². The van der Waals surface area contributed by atoms with E-state index in [4.69, 9.17) is 9.47 Å². The number of hydrogen-bond acceptors (Lipinski definition) is 5. The van der Waals surface area contributed by atoms with Gasteiger partial charge in [-0.1, -0.05) is 220 Å². The van der Waals surface area contributed by atoms with Gasteiger partial charge in [0.05, 0.1) is 0 Å². The summed E-state index contributed by atoms with van der Waals surface area (Å²) in [6, 6.07) is 0. The van der Waals surface area contributed by atoms with Crippen molar-refractivity contribution >= 4 is 11.9 Å². The Hall–Kier alpha value is -1.10. The Morgan fingerprint density at radius 1 is 0.420 bits per heavy atom. The topological polar surface area (TPSA) is 72.8 Å². The standard InChI is InChI=1S/C45H88O5/c1-5-42(4)36-32-28-24-20-16-12-10-8-6-7-9-11-13-17-21-25-29-33-37-44(47)49-39-43(46)40-50-45(48)38-34-30-26-22-18-14-15-19-23-27-31-35-41(2)3/h41-43,46H,5-40H2,1-4H3/t42?,43-/m1/s1. The lowest BCUT2D eigenvalue weighted by Crippen LogP contribution is -2.25. The number of esters is 2. The smallest absolute Gasteiger partial charge is 0.305 e. The molecule has 0 fully saturated rings. The molecule has 0 spiro atoms. The highest BCUT2D eigenvalue weighted by Gasteiger charge is 2.12. The van der Waals surface area contributed by atoms with Gasteiger partial charge in [0.15, 0.2) is 0 Å². The summed E-state index contributed by atoms with van der Waals surface area (Å²) >= 11 is 0. The zero-order valence-corrected chi connectivity index (χ0v) is 34.3. The summed E-state index contributed by atoms with van der Waals surface area (Å²) in [5.74, 6) is 1.20. The maximum atomic E-state index is 12.0. The van der Waals surface area contributed by atoms with Crippen LogP contribution >= 0.6 is 0 Å². The van der Waals surface area contributed by atoms with E-state index in [0.29, 0.717) is 12.8 Å². The molecule has 0 heterocycles. The summed E-state index contributed by atoms with van der Waals surface area (Å²) in [5.41, 5.74) is 0. The third-order valence-electron chi connectivity index (χ3n) is 10.6. The molecule has 5 nitrogen and oxygen atoms in total. The molecule has 298 valence electrons. The molecular weight excluding hydrogens is 620 g/mol. The van der Waals surface area contributed by atoms with Crippen molar-refractivity contribution in [2.45, 2.75) is 252 Å². The highest BCUT2D eigenvalue weighted by molar-refractivity contribution is 5.69. The van der Waals surface area contributed by atoms with Crippen molar-refractivity contribution in [3.8, 4) is 0 Å². The molecule has 0 aliphatic carbocycles. The van der Waals surface area contributed by atoms with Crippen molar-refractivity contribution in [3.63, 3.8) is 0 Å². The van der Waals surface area contributed by atoms with E-state index in [9.17, 15) is 14.7 Å². The normalized spacial score (nSPS) is 12.8. The number of aliphatic hydroxyl groups is 1. The summed E-state index contributed by atoms with van der Waals surface area (Å²) in [7, 11) is 0. The highest BCUT2D eigenvalue weighted by Crippen LogP contribution is 2.17. The third-order valence-corrected chi connectivity index (χ3v) is 10.6. The first-order valence-corrected chi connectivity index (χ1v) is 22.3. The second-order valence-corrected chi connectivity index (χ2v) is 16.3. The number of aliphatic hydroxyl groups excluding tert-OH is 1. The largest absolute Gasteiger partial charge is 0.463 e. The monoisotopic (exact) mass is 709 g/mol. The lowest BCUT2D eigenvalue weighted by molar-refractivity contribution is -0.152. The number of carbonyl (C=O) groups is 2. The van der Waals surface area contributed by atoms with E-state index in [-0.39, 0.29) is 25.2 Å². The Morgan fingerprint density at radius 3 is 0.960 bits per heavy atom. The molecule has 2 atom stereocenters. The van der Waals surface area contributed by atoms with E-state index >= 15 is 0 Å². The van der Waals surface area contributed by atoms with Gasteiger partial charge >= 0.3 is 11.9 Å². The van der Waals surface area contributed by atoms with Crippen LogP contribution in [0.15, 0.2) is 0 Å². The van der Waals surface area contributed by atoms with Gasteiger partial charge in [-0.3, -0.25) is 9.59 Å². The van der Waals surface area contributed by atoms with Crippen molar-refractivity contribution in [1.29, 1.82) is 0 Å². The lowest BCUT2D eigenvalue weighted by atomic mass is 9.99. The van der Waals surface area contributed by atoms with Crippen molar-refractivity contribution in [3.05, 3.63) is 0 Å². The van der Waals surface area contributed by atoms with E-state index in [2.05, 4.69) is 27.7 Å². The first-order valence-electron chi connectivity index (χ1n) is 22.3. The lowest BCUT2D eigenvalue weighted by Gasteiger charge is -2.12. The van der Waals surface area contributed by atoms with Gasteiger partial charge in [0, 0.05) is 12.8 Å². The molecule has 0 aromatic carbocycles. The summed E-state index contributed by atoms with van der Waals surface area (Å²) in [5, 5.41) is 10.0. The number of rotatable bonds is 40. The third kappa shape index (κ3) is 39.7. The van der Waals surface area contributed by atoms with Gasteiger partial charge in [-0.15, -0.1) is 0 Å². The SMILES string of the molecule is CCC(C)CCCCCCCCCCCCCCCCCCCCC(=O)OC[C@@H](O)COC(=O)CCCCCCCCCCCCCC(C)C. The van der Waals surface area contributed by atoms with Crippen molar-refractivity contribution in [2.75, 3.05) is 13.2 Å². The van der Waals surface area contributed by atoms with Gasteiger partial charge in [-0.2, -0.15) is 0 Å². The predicted molar refractivity (Wildman–Crippen MR) is 215 cm³/mol. The fraction of sp³-hybridized carbons (Fsp3) is 0.956. The molecule has 0 saturated heterocycles. The first-order chi connectivity index (χ1) is 24.3. The summed E-state index contributed by atoms with van der Waals surface area (Å²) in [6.45, 7) is 9.08. The molecule has 0 aromatic heterocycles. The maximum absolute atomic E-state index is 12.0. The molecule has 0 aliphatic heterocycles. The maximum Gasteiger partial charge on any atom is 0.305 e. The molecule has 0 bridgehead atoms. The van der Waals surface area contributed by atoms with Gasteiger partial charge in [0.2, 0.25) is 0 Å². The van der Waals surface area contributed by atoms with Gasteiger partial charge < -0.3 is 14.6 Å². The minimum atomic E-state index is -0.956. The minimum Gasteiger partial charge on any atom is -0.463 e. The Bertz CT molecular complexity index is 708. The van der Waals surface area contributed by atoms with Gasteiger partial charge in [-0.05, 0) is 24.7 Å². The van der Waals surface area contributed by atoms with Crippen LogP contribution in [0.5, 0.6) is 0 Å². The second kappa shape index (κ2) is 39.1. The van der Waals surface area contributed by atoms with Crippen LogP contribution < -0.4 is 0 Å². The molecule has 1 N–H and O–H groups in total. The van der Waals surface area contributed by atoms with E-state index < -0.39 is 6.10 Å². The fourth-order valence-corrected chi connectivity index (χ4v) is 6.78. The number of unbranched alkanes of at least 4 members (excludes halogenated alkanes) is 27. The Balaban J connectivity index is 3.35. The van der Waals surface area contributed by atoms with Crippen LogP contribution in [-0.4, -0.2) is 36.4 Å². The molecular formula is C45H88O5. The molecule has 0 rings (SSSR count). The van der Waals surface area contributed by atoms with Crippen LogP contribution in [0.4, 0.5) is 0 Å². The Morgan fingerprint density at radius 2 is 0.680 bits per heavy atom. The molecule has 1 unspecified atom stereocenters. The number of carbonyl (C=O) groups excluding carboxylic acids is 2. The van der Waals surface area contributed by atoms with Crippen molar-refractivity contribution < 1.29 is 24.2 Å². The summed E-state index contributed by atoms with van der Waals surface area (Å²) in [6.07, 6.45) is 41.7. The van der Waals surface area contributed by atoms with Gasteiger partial charge in [0.1, 0.15) is 19.3 Å². The van der Waals surface area contributed by atoms with Crippen LogP contribution in [0.2, 0.25) is 0 Å². The van der Waals surface area contributed by atoms with E-state index in [1.807, 2.05) is 0 Å². The quantitative estimate of drug-likeness (QED) is 0.0507. The molecule has 0 saturated carbocycles. The van der Waals surface area contributed by atoms with E-state index in [1.54, 1.807) is 0 Å². The van der Waals surface area contributed by atoms with Crippen LogP contribution in [0.3, 0.4) is 0 Å². The molecule has 5 heteroatoms. The highest BCUT2D eigenvalue weighted by atomic mass is 16.6. The van der Waals surface area contributed by atoms with E-state index in [1.165, 1.54) is 180 Å². The van der Waals surface area contributed by atoms with Gasteiger partial charge in [0.25, 0.3) is 0 Å². The second-order valence-electron chi connectivity index (χ2n) is 16.3. The molecule has 0 aliphatic rings. The molecule has 0 radical (unpaired) electrons. The summed E-state index contributed by atoms with van der Waals surface area (Å²) in [4.78, 5) is 24.0. The van der Waals surface area contributed by atoms with E-state index in [0.717, 1.165) is 37.5 Å². The van der Waals surface area contributed by atoms with Crippen LogP contribution in [-0.2, 0) is 19.1 Å². The van der Waals surface area contributed by atoms with Crippen LogP contribution in [0.1, 0.15) is 246 Å².